The SMILES string of the molecule is Cc1nc2cc(OC[C@H](O)CN3CCN(CCCCOC4(C)Cc5ccccc5O4)CC3)ccc2s1. The van der Waals surface area contributed by atoms with E-state index in [9.17, 15) is 5.11 Å². The topological polar surface area (TPSA) is 67.3 Å². The zero-order valence-corrected chi connectivity index (χ0v) is 22.1. The van der Waals surface area contributed by atoms with Gasteiger partial charge in [0.1, 0.15) is 24.2 Å². The highest BCUT2D eigenvalue weighted by atomic mass is 32.1. The van der Waals surface area contributed by atoms with Gasteiger partial charge >= 0.3 is 0 Å². The van der Waals surface area contributed by atoms with Gasteiger partial charge in [-0.15, -0.1) is 11.3 Å². The van der Waals surface area contributed by atoms with Gasteiger partial charge in [-0.1, -0.05) is 18.2 Å². The molecule has 0 radical (unpaired) electrons. The molecule has 8 heteroatoms. The number of benzene rings is 2. The van der Waals surface area contributed by atoms with E-state index in [1.165, 1.54) is 5.56 Å². The Bertz CT molecular complexity index is 1120. The minimum Gasteiger partial charge on any atom is -0.491 e. The van der Waals surface area contributed by atoms with Crippen LogP contribution in [0.5, 0.6) is 11.5 Å². The maximum Gasteiger partial charge on any atom is 0.211 e. The third-order valence-electron chi connectivity index (χ3n) is 6.93. The first-order valence-electron chi connectivity index (χ1n) is 13.0. The first-order chi connectivity index (χ1) is 17.5. The number of unbranched alkanes of at least 4 members (excludes halogenated alkanes) is 1. The molecule has 2 aliphatic heterocycles. The van der Waals surface area contributed by atoms with Crippen molar-refractivity contribution in [3.63, 3.8) is 0 Å². The predicted octanol–water partition coefficient (Wildman–Crippen LogP) is 4.11. The van der Waals surface area contributed by atoms with Gasteiger partial charge in [0.25, 0.3) is 0 Å². The van der Waals surface area contributed by atoms with Crippen LogP contribution in [-0.2, 0) is 11.2 Å². The number of β-amino-alcohol motifs (C(OH)–C–C–N with tert-alkyl or cyclic N) is 1. The van der Waals surface area contributed by atoms with Crippen LogP contribution < -0.4 is 9.47 Å². The van der Waals surface area contributed by atoms with E-state index in [2.05, 4.69) is 20.9 Å². The molecule has 0 saturated carbocycles. The number of thiazole rings is 1. The summed E-state index contributed by atoms with van der Waals surface area (Å²) in [4.78, 5) is 9.35. The smallest absolute Gasteiger partial charge is 0.211 e. The molecule has 0 spiro atoms. The number of aromatic nitrogens is 1. The van der Waals surface area contributed by atoms with Gasteiger partial charge < -0.3 is 24.2 Å². The highest BCUT2D eigenvalue weighted by molar-refractivity contribution is 7.18. The van der Waals surface area contributed by atoms with E-state index in [0.29, 0.717) is 19.8 Å². The Hall–Kier alpha value is -2.23. The van der Waals surface area contributed by atoms with Gasteiger partial charge in [-0.25, -0.2) is 4.98 Å². The summed E-state index contributed by atoms with van der Waals surface area (Å²) >= 11 is 1.68. The Kier molecular flexibility index (Phi) is 8.08. The number of hydrogen-bond donors (Lipinski definition) is 1. The number of fused-ring (bicyclic) bond motifs is 2. The minimum atomic E-state index is -0.535. The number of ether oxygens (including phenoxy) is 3. The standard InChI is InChI=1S/C28H37N3O4S/c1-21-29-25-17-24(9-10-27(25)36-21)33-20-23(32)19-31-14-12-30(13-15-31)11-5-6-16-34-28(2)18-22-7-3-4-8-26(22)35-28/h3-4,7-10,17,23,32H,5-6,11-16,18-20H2,1-2H3/t23-,28?/m1/s1. The molecule has 1 N–H and O–H groups in total. The lowest BCUT2D eigenvalue weighted by Gasteiger charge is -2.35. The van der Waals surface area contributed by atoms with Crippen molar-refractivity contribution < 1.29 is 19.3 Å². The molecule has 0 amide bonds. The van der Waals surface area contributed by atoms with E-state index in [1.807, 2.05) is 50.2 Å². The Labute approximate surface area is 217 Å². The summed E-state index contributed by atoms with van der Waals surface area (Å²) in [5.41, 5.74) is 2.18. The first kappa shape index (κ1) is 25.4. The Balaban J connectivity index is 0.936. The quantitative estimate of drug-likeness (QED) is 0.389. The van der Waals surface area contributed by atoms with Crippen molar-refractivity contribution in [2.45, 2.75) is 45.0 Å². The fraction of sp³-hybridized carbons (Fsp3) is 0.536. The lowest BCUT2D eigenvalue weighted by atomic mass is 10.1. The molecule has 2 aliphatic rings. The van der Waals surface area contributed by atoms with Crippen LogP contribution >= 0.6 is 11.3 Å². The molecule has 0 aliphatic carbocycles. The molecule has 0 bridgehead atoms. The maximum absolute atomic E-state index is 10.5. The van der Waals surface area contributed by atoms with Crippen LogP contribution in [0.4, 0.5) is 0 Å². The number of para-hydroxylation sites is 1. The molecular formula is C28H37N3O4S. The van der Waals surface area contributed by atoms with Crippen LogP contribution in [0.1, 0.15) is 30.3 Å². The molecule has 194 valence electrons. The van der Waals surface area contributed by atoms with Crippen LogP contribution in [-0.4, -0.2) is 84.3 Å². The Morgan fingerprint density at radius 1 is 1.11 bits per heavy atom. The molecule has 36 heavy (non-hydrogen) atoms. The Morgan fingerprint density at radius 3 is 2.75 bits per heavy atom. The van der Waals surface area contributed by atoms with Crippen LogP contribution in [0, 0.1) is 6.92 Å². The zero-order chi connectivity index (χ0) is 25.0. The molecule has 1 fully saturated rings. The fourth-order valence-corrected chi connectivity index (χ4v) is 5.83. The average Bonchev–Trinajstić information content (AvgIpc) is 3.41. The van der Waals surface area contributed by atoms with Crippen LogP contribution in [0.2, 0.25) is 0 Å². The molecule has 1 aromatic heterocycles. The molecule has 2 atom stereocenters. The molecule has 3 aromatic rings. The lowest BCUT2D eigenvalue weighted by molar-refractivity contribution is -0.157. The molecule has 1 saturated heterocycles. The van der Waals surface area contributed by atoms with Gasteiger partial charge in [0.05, 0.1) is 21.8 Å². The number of nitrogens with zero attached hydrogens (tertiary/aromatic N) is 3. The largest absolute Gasteiger partial charge is 0.491 e. The van der Waals surface area contributed by atoms with E-state index in [0.717, 1.165) is 78.7 Å². The highest BCUT2D eigenvalue weighted by Crippen LogP contribution is 2.35. The van der Waals surface area contributed by atoms with Crippen molar-refractivity contribution in [3.8, 4) is 11.5 Å². The number of hydrogen-bond acceptors (Lipinski definition) is 8. The number of aryl methyl sites for hydroxylation is 1. The summed E-state index contributed by atoms with van der Waals surface area (Å²) in [7, 11) is 0. The zero-order valence-electron chi connectivity index (χ0n) is 21.3. The average molecular weight is 512 g/mol. The van der Waals surface area contributed by atoms with Crippen LogP contribution in [0.15, 0.2) is 42.5 Å². The maximum atomic E-state index is 10.5. The first-order valence-corrected chi connectivity index (χ1v) is 13.8. The molecule has 1 unspecified atom stereocenters. The summed E-state index contributed by atoms with van der Waals surface area (Å²) in [6.45, 7) is 10.8. The summed E-state index contributed by atoms with van der Waals surface area (Å²) in [6.07, 6.45) is 2.44. The Morgan fingerprint density at radius 2 is 1.92 bits per heavy atom. The van der Waals surface area contributed by atoms with Gasteiger partial charge in [-0.3, -0.25) is 4.90 Å². The monoisotopic (exact) mass is 511 g/mol. The number of aliphatic hydroxyl groups excluding tert-OH is 1. The van der Waals surface area contributed by atoms with Gasteiger partial charge in [0, 0.05) is 57.7 Å². The second-order valence-electron chi connectivity index (χ2n) is 10.0. The van der Waals surface area contributed by atoms with Gasteiger partial charge in [-0.05, 0) is 44.5 Å². The summed E-state index contributed by atoms with van der Waals surface area (Å²) < 4.78 is 19.1. The summed E-state index contributed by atoms with van der Waals surface area (Å²) in [6, 6.07) is 14.1. The minimum absolute atomic E-state index is 0.294. The summed E-state index contributed by atoms with van der Waals surface area (Å²) in [5, 5.41) is 11.5. The van der Waals surface area contributed by atoms with Gasteiger partial charge in [0.15, 0.2) is 0 Å². The lowest BCUT2D eigenvalue weighted by Crippen LogP contribution is -2.49. The molecular weight excluding hydrogens is 474 g/mol. The van der Waals surface area contributed by atoms with Crippen molar-refractivity contribution in [3.05, 3.63) is 53.0 Å². The van der Waals surface area contributed by atoms with Gasteiger partial charge in [-0.2, -0.15) is 0 Å². The second kappa shape index (κ2) is 11.4. The van der Waals surface area contributed by atoms with Crippen molar-refractivity contribution in [2.75, 3.05) is 52.5 Å². The second-order valence-corrected chi connectivity index (χ2v) is 11.3. The highest BCUT2D eigenvalue weighted by Gasteiger charge is 2.35. The van der Waals surface area contributed by atoms with E-state index < -0.39 is 11.9 Å². The van der Waals surface area contributed by atoms with E-state index in [1.54, 1.807) is 11.3 Å². The number of piperazine rings is 1. The van der Waals surface area contributed by atoms with E-state index in [4.69, 9.17) is 14.2 Å². The van der Waals surface area contributed by atoms with Crippen molar-refractivity contribution >= 4 is 21.6 Å². The van der Waals surface area contributed by atoms with Crippen molar-refractivity contribution in [2.24, 2.45) is 0 Å². The molecule has 2 aromatic carbocycles. The third kappa shape index (κ3) is 6.55. The van der Waals surface area contributed by atoms with Crippen molar-refractivity contribution in [1.29, 1.82) is 0 Å². The normalized spacial score (nSPS) is 21.4. The predicted molar refractivity (Wildman–Crippen MR) is 143 cm³/mol. The molecule has 5 rings (SSSR count). The molecule has 3 heterocycles. The molecule has 7 nitrogen and oxygen atoms in total. The third-order valence-corrected chi connectivity index (χ3v) is 7.88. The summed E-state index contributed by atoms with van der Waals surface area (Å²) in [5.74, 6) is 1.17. The fourth-order valence-electron chi connectivity index (χ4n) is 5.02. The van der Waals surface area contributed by atoms with Crippen molar-refractivity contribution in [1.82, 2.24) is 14.8 Å². The number of aliphatic hydroxyl groups is 1. The number of rotatable bonds is 11. The van der Waals surface area contributed by atoms with E-state index in [-0.39, 0.29) is 0 Å². The van der Waals surface area contributed by atoms with Crippen LogP contribution in [0.25, 0.3) is 10.2 Å². The van der Waals surface area contributed by atoms with Gasteiger partial charge in [0.2, 0.25) is 5.79 Å². The van der Waals surface area contributed by atoms with Crippen LogP contribution in [0.3, 0.4) is 0 Å². The van der Waals surface area contributed by atoms with E-state index >= 15 is 0 Å².